The number of ether oxygens (including phenoxy) is 2. The highest BCUT2D eigenvalue weighted by atomic mass is 16.6. The average molecular weight is 568 g/mol. The molecular weight excluding hydrogens is 518 g/mol. The van der Waals surface area contributed by atoms with Crippen LogP contribution in [0.25, 0.3) is 0 Å². The number of hydrogen-bond donors (Lipinski definition) is 2. The first-order chi connectivity index (χ1) is 18.6. The smallest absolute Gasteiger partial charge is 0.410 e. The number of likely N-dealkylation sites (tertiary alicyclic amines) is 2. The van der Waals surface area contributed by atoms with Gasteiger partial charge in [0.1, 0.15) is 23.3 Å². The molecule has 0 unspecified atom stereocenters. The van der Waals surface area contributed by atoms with E-state index in [1.54, 1.807) is 46.4 Å². The molecule has 0 bridgehead atoms. The van der Waals surface area contributed by atoms with E-state index in [0.29, 0.717) is 65.0 Å². The molecule has 0 aromatic rings. The third-order valence-electron chi connectivity index (χ3n) is 6.62. The number of rotatable bonds is 10. The van der Waals surface area contributed by atoms with Crippen molar-refractivity contribution in [1.29, 1.82) is 0 Å². The van der Waals surface area contributed by atoms with Crippen molar-refractivity contribution >= 4 is 29.9 Å². The number of nitrogens with one attached hydrogen (secondary N) is 2. The number of amides is 5. The lowest BCUT2D eigenvalue weighted by atomic mass is 10.2. The van der Waals surface area contributed by atoms with Crippen LogP contribution in [-0.4, -0.2) is 107 Å². The Labute approximate surface area is 238 Å². The second kappa shape index (κ2) is 14.5. The quantitative estimate of drug-likeness (QED) is 0.387. The van der Waals surface area contributed by atoms with E-state index in [-0.39, 0.29) is 17.7 Å². The van der Waals surface area contributed by atoms with Crippen molar-refractivity contribution in [2.24, 2.45) is 0 Å². The van der Waals surface area contributed by atoms with Gasteiger partial charge in [-0.2, -0.15) is 0 Å². The van der Waals surface area contributed by atoms with Gasteiger partial charge < -0.3 is 25.0 Å². The van der Waals surface area contributed by atoms with Crippen LogP contribution in [0, 0.1) is 0 Å². The van der Waals surface area contributed by atoms with Crippen LogP contribution >= 0.6 is 0 Å². The summed E-state index contributed by atoms with van der Waals surface area (Å²) in [7, 11) is 0. The number of nitrogens with zero attached hydrogens (tertiary/aromatic N) is 3. The predicted molar refractivity (Wildman–Crippen MR) is 149 cm³/mol. The fourth-order valence-electron chi connectivity index (χ4n) is 4.78. The van der Waals surface area contributed by atoms with Crippen molar-refractivity contribution in [1.82, 2.24) is 25.3 Å². The van der Waals surface area contributed by atoms with Crippen molar-refractivity contribution in [3.63, 3.8) is 0 Å². The zero-order valence-corrected chi connectivity index (χ0v) is 25.3. The zero-order chi connectivity index (χ0) is 30.1. The summed E-state index contributed by atoms with van der Waals surface area (Å²) in [6.45, 7) is 14.9. The summed E-state index contributed by atoms with van der Waals surface area (Å²) in [5.41, 5.74) is -1.26. The summed E-state index contributed by atoms with van der Waals surface area (Å²) in [5, 5.41) is 5.76. The second-order valence-electron chi connectivity index (χ2n) is 12.5. The summed E-state index contributed by atoms with van der Waals surface area (Å²) >= 11 is 0. The maximum atomic E-state index is 12.7. The predicted octanol–water partition coefficient (Wildman–Crippen LogP) is 2.65. The summed E-state index contributed by atoms with van der Waals surface area (Å²) in [6, 6.07) is -1.10. The van der Waals surface area contributed by atoms with Gasteiger partial charge in [-0.1, -0.05) is 0 Å². The first-order valence-corrected chi connectivity index (χ1v) is 14.4. The third kappa shape index (κ3) is 10.8. The van der Waals surface area contributed by atoms with Gasteiger partial charge in [0.15, 0.2) is 0 Å². The van der Waals surface area contributed by atoms with Crippen molar-refractivity contribution in [3.8, 4) is 0 Å². The molecule has 0 radical (unpaired) electrons. The van der Waals surface area contributed by atoms with E-state index < -0.39 is 35.5 Å². The van der Waals surface area contributed by atoms with E-state index in [2.05, 4.69) is 10.6 Å². The Morgan fingerprint density at radius 1 is 0.725 bits per heavy atom. The molecular formula is C28H49N5O7. The largest absolute Gasteiger partial charge is 0.444 e. The van der Waals surface area contributed by atoms with Crippen LogP contribution in [0.5, 0.6) is 0 Å². The average Bonchev–Trinajstić information content (AvgIpc) is 3.50. The molecule has 40 heavy (non-hydrogen) atoms. The number of carbonyl (C=O) groups excluding carboxylic acids is 5. The monoisotopic (exact) mass is 567 g/mol. The Balaban J connectivity index is 1.71. The lowest BCUT2D eigenvalue weighted by Crippen LogP contribution is -2.48. The summed E-state index contributed by atoms with van der Waals surface area (Å²) in [4.78, 5) is 67.1. The molecule has 2 rings (SSSR count). The van der Waals surface area contributed by atoms with Gasteiger partial charge in [0.2, 0.25) is 17.7 Å². The molecule has 12 heteroatoms. The minimum Gasteiger partial charge on any atom is -0.444 e. The zero-order valence-electron chi connectivity index (χ0n) is 25.3. The normalized spacial score (nSPS) is 19.3. The first-order valence-electron chi connectivity index (χ1n) is 14.4. The topological polar surface area (TPSA) is 138 Å². The van der Waals surface area contributed by atoms with Crippen LogP contribution in [0.4, 0.5) is 9.59 Å². The van der Waals surface area contributed by atoms with E-state index in [1.807, 2.05) is 0 Å². The Morgan fingerprint density at radius 3 is 1.43 bits per heavy atom. The van der Waals surface area contributed by atoms with Crippen LogP contribution in [0.1, 0.15) is 87.0 Å². The summed E-state index contributed by atoms with van der Waals surface area (Å²) < 4.78 is 10.8. The van der Waals surface area contributed by atoms with Crippen molar-refractivity contribution < 1.29 is 33.4 Å². The molecule has 12 nitrogen and oxygen atoms in total. The molecule has 0 saturated carbocycles. The van der Waals surface area contributed by atoms with Gasteiger partial charge in [0, 0.05) is 46.2 Å². The molecule has 228 valence electrons. The van der Waals surface area contributed by atoms with Gasteiger partial charge in [-0.3, -0.25) is 24.2 Å². The van der Waals surface area contributed by atoms with Gasteiger partial charge in [0.25, 0.3) is 0 Å². The molecule has 0 aromatic heterocycles. The van der Waals surface area contributed by atoms with Crippen LogP contribution < -0.4 is 10.6 Å². The third-order valence-corrected chi connectivity index (χ3v) is 6.62. The number of hydrogen-bond acceptors (Lipinski definition) is 7. The van der Waals surface area contributed by atoms with Gasteiger partial charge in [-0.15, -0.1) is 0 Å². The van der Waals surface area contributed by atoms with E-state index >= 15 is 0 Å². The minimum atomic E-state index is -0.628. The molecule has 2 fully saturated rings. The lowest BCUT2D eigenvalue weighted by molar-refractivity contribution is -0.128. The maximum Gasteiger partial charge on any atom is 0.410 e. The van der Waals surface area contributed by atoms with E-state index in [1.165, 1.54) is 16.7 Å². The van der Waals surface area contributed by atoms with Crippen molar-refractivity contribution in [2.75, 3.05) is 39.3 Å². The van der Waals surface area contributed by atoms with Gasteiger partial charge in [-0.05, 0) is 80.1 Å². The van der Waals surface area contributed by atoms with Crippen LogP contribution in [-0.2, 0) is 23.9 Å². The van der Waals surface area contributed by atoms with Crippen molar-refractivity contribution in [2.45, 2.75) is 110 Å². The highest BCUT2D eigenvalue weighted by Crippen LogP contribution is 2.22. The molecule has 0 aromatic carbocycles. The molecule has 2 saturated heterocycles. The molecule has 0 spiro atoms. The second-order valence-corrected chi connectivity index (χ2v) is 12.5. The SMILES string of the molecule is CC(=O)N(CCCNC(=O)[C@@H]1CCCN1C(=O)OC(C)(C)C)CCCNC(=O)[C@@H]1CCCN1C(=O)OC(C)(C)C. The standard InChI is InChI=1S/C28H49N5O7/c1-20(34)31(16-10-14-29-23(35)21-12-8-18-32(21)25(37)39-27(2,3)4)17-11-15-30-24(36)22-13-9-19-33(22)26(38)40-28(5,6)7/h21-22H,8-19H2,1-7H3,(H,29,35)(H,30,36)/t21-,22-/m0/s1. The van der Waals surface area contributed by atoms with E-state index in [9.17, 15) is 24.0 Å². The number of carbonyl (C=O) groups is 5. The van der Waals surface area contributed by atoms with Crippen LogP contribution in [0.2, 0.25) is 0 Å². The maximum absolute atomic E-state index is 12.7. The molecule has 2 N–H and O–H groups in total. The molecule has 2 aliphatic heterocycles. The summed E-state index contributed by atoms with van der Waals surface area (Å²) in [5.74, 6) is -0.517. The fourth-order valence-corrected chi connectivity index (χ4v) is 4.78. The highest BCUT2D eigenvalue weighted by Gasteiger charge is 2.37. The Morgan fingerprint density at radius 2 is 1.10 bits per heavy atom. The van der Waals surface area contributed by atoms with Crippen LogP contribution in [0.3, 0.4) is 0 Å². The van der Waals surface area contributed by atoms with E-state index in [4.69, 9.17) is 9.47 Å². The van der Waals surface area contributed by atoms with E-state index in [0.717, 1.165) is 12.8 Å². The Kier molecular flexibility index (Phi) is 12.1. The van der Waals surface area contributed by atoms with Crippen LogP contribution in [0.15, 0.2) is 0 Å². The molecule has 2 heterocycles. The molecule has 2 atom stereocenters. The Hall–Kier alpha value is -3.05. The lowest BCUT2D eigenvalue weighted by Gasteiger charge is -2.28. The fraction of sp³-hybridized carbons (Fsp3) is 0.821. The molecule has 2 aliphatic rings. The summed E-state index contributed by atoms with van der Waals surface area (Å²) in [6.07, 6.45) is 2.82. The highest BCUT2D eigenvalue weighted by molar-refractivity contribution is 5.87. The molecule has 0 aliphatic carbocycles. The van der Waals surface area contributed by atoms with Gasteiger partial charge in [-0.25, -0.2) is 9.59 Å². The minimum absolute atomic E-state index is 0.0866. The van der Waals surface area contributed by atoms with Gasteiger partial charge in [0.05, 0.1) is 0 Å². The van der Waals surface area contributed by atoms with Crippen molar-refractivity contribution in [3.05, 3.63) is 0 Å². The first kappa shape index (κ1) is 33.2. The Bertz CT molecular complexity index is 846. The van der Waals surface area contributed by atoms with Gasteiger partial charge >= 0.3 is 12.2 Å². The molecule has 5 amide bonds.